The minimum absolute atomic E-state index is 0.813. The largest absolute Gasteiger partial charge is 0.493 e. The lowest BCUT2D eigenvalue weighted by molar-refractivity contribution is 0.245. The van der Waals surface area contributed by atoms with Crippen molar-refractivity contribution in [3.05, 3.63) is 38.8 Å². The molecule has 0 N–H and O–H groups in total. The van der Waals surface area contributed by atoms with Crippen molar-refractivity contribution >= 4 is 11.3 Å². The Balaban J connectivity index is 1.80. The van der Waals surface area contributed by atoms with Crippen molar-refractivity contribution in [2.24, 2.45) is 0 Å². The van der Waals surface area contributed by atoms with Crippen LogP contribution in [0.2, 0.25) is 0 Å². The quantitative estimate of drug-likeness (QED) is 0.866. The fourth-order valence-electron chi connectivity index (χ4n) is 3.00. The van der Waals surface area contributed by atoms with Gasteiger partial charge in [0.2, 0.25) is 0 Å². The Kier molecular flexibility index (Phi) is 4.36. The first-order valence-corrected chi connectivity index (χ1v) is 8.31. The lowest BCUT2D eigenvalue weighted by Crippen LogP contribution is -2.30. The average molecular weight is 318 g/mol. The molecule has 3 rings (SSSR count). The Hall–Kier alpha value is -1.59. The maximum absolute atomic E-state index is 5.43. The van der Waals surface area contributed by atoms with E-state index in [-0.39, 0.29) is 0 Å². The number of aromatic nitrogens is 1. The summed E-state index contributed by atoms with van der Waals surface area (Å²) < 4.78 is 10.8. The van der Waals surface area contributed by atoms with Crippen molar-refractivity contribution in [2.45, 2.75) is 33.4 Å². The molecule has 1 aromatic heterocycles. The molecule has 0 saturated heterocycles. The highest BCUT2D eigenvalue weighted by molar-refractivity contribution is 7.11. The average Bonchev–Trinajstić information content (AvgIpc) is 2.83. The van der Waals surface area contributed by atoms with Gasteiger partial charge in [-0.15, -0.1) is 11.3 Å². The number of hydrogen-bond acceptors (Lipinski definition) is 5. The zero-order chi connectivity index (χ0) is 15.7. The minimum atomic E-state index is 0.813. The van der Waals surface area contributed by atoms with Crippen LogP contribution < -0.4 is 9.47 Å². The summed E-state index contributed by atoms with van der Waals surface area (Å²) in [5, 5.41) is 1.15. The number of benzene rings is 1. The molecule has 0 aliphatic carbocycles. The number of rotatable bonds is 4. The molecule has 0 unspecified atom stereocenters. The van der Waals surface area contributed by atoms with Gasteiger partial charge in [-0.05, 0) is 43.5 Å². The summed E-state index contributed by atoms with van der Waals surface area (Å²) in [5.41, 5.74) is 3.87. The van der Waals surface area contributed by atoms with E-state index in [4.69, 9.17) is 9.47 Å². The fourth-order valence-corrected chi connectivity index (χ4v) is 3.98. The second-order valence-electron chi connectivity index (χ2n) is 5.68. The third-order valence-electron chi connectivity index (χ3n) is 4.16. The first-order valence-electron chi connectivity index (χ1n) is 7.49. The molecule has 0 spiro atoms. The highest BCUT2D eigenvalue weighted by Crippen LogP contribution is 2.33. The predicted molar refractivity (Wildman–Crippen MR) is 89.0 cm³/mol. The van der Waals surface area contributed by atoms with Crippen LogP contribution in [0, 0.1) is 13.8 Å². The first-order chi connectivity index (χ1) is 10.6. The van der Waals surface area contributed by atoms with E-state index in [2.05, 4.69) is 35.9 Å². The van der Waals surface area contributed by atoms with E-state index in [1.165, 1.54) is 21.7 Å². The van der Waals surface area contributed by atoms with Crippen molar-refractivity contribution in [3.63, 3.8) is 0 Å². The highest BCUT2D eigenvalue weighted by Gasteiger charge is 2.20. The van der Waals surface area contributed by atoms with Crippen molar-refractivity contribution in [2.75, 3.05) is 20.8 Å². The Morgan fingerprint density at radius 1 is 1.14 bits per heavy atom. The van der Waals surface area contributed by atoms with E-state index in [0.717, 1.165) is 42.6 Å². The van der Waals surface area contributed by atoms with Gasteiger partial charge in [0.1, 0.15) is 0 Å². The van der Waals surface area contributed by atoms with Crippen LogP contribution in [0.15, 0.2) is 12.1 Å². The monoisotopic (exact) mass is 318 g/mol. The van der Waals surface area contributed by atoms with Crippen LogP contribution >= 0.6 is 11.3 Å². The first kappa shape index (κ1) is 15.3. The van der Waals surface area contributed by atoms with E-state index in [1.54, 1.807) is 25.6 Å². The third-order valence-corrected chi connectivity index (χ3v) is 5.22. The zero-order valence-electron chi connectivity index (χ0n) is 13.6. The number of aryl methyl sites for hydroxylation is 2. The zero-order valence-corrected chi connectivity index (χ0v) is 14.4. The second-order valence-corrected chi connectivity index (χ2v) is 6.97. The lowest BCUT2D eigenvalue weighted by Gasteiger charge is -2.29. The topological polar surface area (TPSA) is 34.6 Å². The molecule has 0 saturated carbocycles. The van der Waals surface area contributed by atoms with E-state index in [9.17, 15) is 0 Å². The van der Waals surface area contributed by atoms with Crippen LogP contribution in [0.3, 0.4) is 0 Å². The molecule has 4 nitrogen and oxygen atoms in total. The van der Waals surface area contributed by atoms with E-state index < -0.39 is 0 Å². The van der Waals surface area contributed by atoms with Gasteiger partial charge in [-0.25, -0.2) is 4.98 Å². The normalized spacial score (nSPS) is 14.7. The van der Waals surface area contributed by atoms with Crippen LogP contribution in [0.1, 0.15) is 26.7 Å². The Labute approximate surface area is 135 Å². The summed E-state index contributed by atoms with van der Waals surface area (Å²) >= 11 is 1.81. The van der Waals surface area contributed by atoms with Gasteiger partial charge in [-0.1, -0.05) is 0 Å². The van der Waals surface area contributed by atoms with Gasteiger partial charge in [-0.2, -0.15) is 0 Å². The SMILES string of the molecule is COc1cc2c(cc1OC)CN(Cc1sc(C)nc1C)CC2. The molecular weight excluding hydrogens is 296 g/mol. The van der Waals surface area contributed by atoms with Crippen molar-refractivity contribution in [1.29, 1.82) is 0 Å². The van der Waals surface area contributed by atoms with Gasteiger partial charge in [0.05, 0.1) is 24.9 Å². The molecule has 1 aliphatic heterocycles. The van der Waals surface area contributed by atoms with Gasteiger partial charge in [-0.3, -0.25) is 4.90 Å². The molecule has 2 heterocycles. The predicted octanol–water partition coefficient (Wildman–Crippen LogP) is 3.34. The number of hydrogen-bond donors (Lipinski definition) is 0. The van der Waals surface area contributed by atoms with Crippen LogP contribution in [0.5, 0.6) is 11.5 Å². The van der Waals surface area contributed by atoms with Crippen LogP contribution in [0.4, 0.5) is 0 Å². The summed E-state index contributed by atoms with van der Waals surface area (Å²) in [6.45, 7) is 7.17. The summed E-state index contributed by atoms with van der Waals surface area (Å²) in [7, 11) is 3.38. The summed E-state index contributed by atoms with van der Waals surface area (Å²) in [6, 6.07) is 4.23. The number of methoxy groups -OCH3 is 2. The Morgan fingerprint density at radius 2 is 1.82 bits per heavy atom. The maximum Gasteiger partial charge on any atom is 0.161 e. The van der Waals surface area contributed by atoms with Crippen molar-refractivity contribution < 1.29 is 9.47 Å². The summed E-state index contributed by atoms with van der Waals surface area (Å²) in [5.74, 6) is 1.64. The molecule has 2 aromatic rings. The van der Waals surface area contributed by atoms with Gasteiger partial charge in [0.15, 0.2) is 11.5 Å². The molecule has 22 heavy (non-hydrogen) atoms. The summed E-state index contributed by atoms with van der Waals surface area (Å²) in [4.78, 5) is 8.38. The Morgan fingerprint density at radius 3 is 2.41 bits per heavy atom. The molecule has 118 valence electrons. The molecule has 1 aromatic carbocycles. The fraction of sp³-hybridized carbons (Fsp3) is 0.471. The highest BCUT2D eigenvalue weighted by atomic mass is 32.1. The number of thiazole rings is 1. The van der Waals surface area contributed by atoms with E-state index in [0.29, 0.717) is 0 Å². The van der Waals surface area contributed by atoms with Gasteiger partial charge < -0.3 is 9.47 Å². The molecule has 0 amide bonds. The van der Waals surface area contributed by atoms with Crippen molar-refractivity contribution in [3.8, 4) is 11.5 Å². The second kappa shape index (κ2) is 6.26. The van der Waals surface area contributed by atoms with E-state index >= 15 is 0 Å². The smallest absolute Gasteiger partial charge is 0.161 e. The van der Waals surface area contributed by atoms with Crippen LogP contribution in [-0.2, 0) is 19.5 Å². The number of nitrogens with zero attached hydrogens (tertiary/aromatic N) is 2. The van der Waals surface area contributed by atoms with Crippen LogP contribution in [0.25, 0.3) is 0 Å². The van der Waals surface area contributed by atoms with E-state index in [1.807, 2.05) is 0 Å². The maximum atomic E-state index is 5.43. The minimum Gasteiger partial charge on any atom is -0.493 e. The van der Waals surface area contributed by atoms with Gasteiger partial charge in [0, 0.05) is 24.5 Å². The molecule has 0 fully saturated rings. The molecule has 0 atom stereocenters. The molecule has 0 radical (unpaired) electrons. The molecule has 1 aliphatic rings. The number of fused-ring (bicyclic) bond motifs is 1. The lowest BCUT2D eigenvalue weighted by atomic mass is 9.98. The molecular formula is C17H22N2O2S. The van der Waals surface area contributed by atoms with Gasteiger partial charge >= 0.3 is 0 Å². The molecule has 0 bridgehead atoms. The molecule has 5 heteroatoms. The van der Waals surface area contributed by atoms with Crippen molar-refractivity contribution in [1.82, 2.24) is 9.88 Å². The summed E-state index contributed by atoms with van der Waals surface area (Å²) in [6.07, 6.45) is 1.05. The Bertz CT molecular complexity index is 682. The third kappa shape index (κ3) is 2.96. The standard InChI is InChI=1S/C17H22N2O2S/c1-11-17(22-12(2)18-11)10-19-6-5-13-7-15(20-3)16(21-4)8-14(13)9-19/h7-8H,5-6,9-10H2,1-4H3. The van der Waals surface area contributed by atoms with Gasteiger partial charge in [0.25, 0.3) is 0 Å². The number of ether oxygens (including phenoxy) is 2. The van der Waals surface area contributed by atoms with Crippen LogP contribution in [-0.4, -0.2) is 30.6 Å².